The van der Waals surface area contributed by atoms with Crippen molar-refractivity contribution in [1.82, 2.24) is 16.0 Å². The molecule has 1 aromatic rings. The average Bonchev–Trinajstić information content (AvgIpc) is 3.10. The highest BCUT2D eigenvalue weighted by molar-refractivity contribution is 5.85. The molecule has 1 amide bonds. The van der Waals surface area contributed by atoms with E-state index in [-0.39, 0.29) is 29.8 Å². The summed E-state index contributed by atoms with van der Waals surface area (Å²) in [5.74, 6) is 0.438. The van der Waals surface area contributed by atoms with Crippen LogP contribution >= 0.6 is 12.4 Å². The third-order valence-electron chi connectivity index (χ3n) is 5.69. The van der Waals surface area contributed by atoms with Gasteiger partial charge in [-0.25, -0.2) is 0 Å². The van der Waals surface area contributed by atoms with E-state index >= 15 is 0 Å². The fourth-order valence-corrected chi connectivity index (χ4v) is 4.19. The molecular weight excluding hydrogens is 334 g/mol. The van der Waals surface area contributed by atoms with Crippen molar-refractivity contribution in [3.05, 3.63) is 35.9 Å². The standard InChI is InChI=1S/C20H31N3O.ClH/c1-16(17-7-3-2-4-8-17)23-20(11-5-6-12-20)15-22-19(24)18-9-13-21-14-10-18;/h2-4,7-8,16,18,21,23H,5-6,9-15H2,1H3,(H,22,24);1H. The van der Waals surface area contributed by atoms with Gasteiger partial charge in [0.15, 0.2) is 0 Å². The highest BCUT2D eigenvalue weighted by Gasteiger charge is 2.36. The van der Waals surface area contributed by atoms with Crippen LogP contribution in [-0.2, 0) is 4.79 Å². The van der Waals surface area contributed by atoms with E-state index in [4.69, 9.17) is 0 Å². The first kappa shape index (κ1) is 20.2. The first-order chi connectivity index (χ1) is 11.7. The maximum atomic E-state index is 12.5. The fraction of sp³-hybridized carbons (Fsp3) is 0.650. The summed E-state index contributed by atoms with van der Waals surface area (Å²) in [6, 6.07) is 10.9. The Morgan fingerprint density at radius 3 is 2.48 bits per heavy atom. The molecule has 1 aromatic carbocycles. The van der Waals surface area contributed by atoms with E-state index in [2.05, 4.69) is 53.2 Å². The smallest absolute Gasteiger partial charge is 0.223 e. The third-order valence-corrected chi connectivity index (χ3v) is 5.69. The van der Waals surface area contributed by atoms with Gasteiger partial charge in [0.1, 0.15) is 0 Å². The molecule has 1 saturated heterocycles. The summed E-state index contributed by atoms with van der Waals surface area (Å²) < 4.78 is 0. The van der Waals surface area contributed by atoms with Crippen LogP contribution in [0.4, 0.5) is 0 Å². The van der Waals surface area contributed by atoms with Gasteiger partial charge in [0.05, 0.1) is 0 Å². The van der Waals surface area contributed by atoms with E-state index < -0.39 is 0 Å². The summed E-state index contributed by atoms with van der Waals surface area (Å²) in [5.41, 5.74) is 1.37. The van der Waals surface area contributed by atoms with Crippen LogP contribution in [-0.4, -0.2) is 31.1 Å². The molecule has 1 aliphatic heterocycles. The second-order valence-corrected chi connectivity index (χ2v) is 7.51. The molecule has 1 unspecified atom stereocenters. The highest BCUT2D eigenvalue weighted by atomic mass is 35.5. The second-order valence-electron chi connectivity index (χ2n) is 7.51. The molecule has 3 N–H and O–H groups in total. The summed E-state index contributed by atoms with van der Waals surface area (Å²) in [7, 11) is 0. The van der Waals surface area contributed by atoms with Gasteiger partial charge in [0.2, 0.25) is 5.91 Å². The van der Waals surface area contributed by atoms with Crippen LogP contribution < -0.4 is 16.0 Å². The first-order valence-corrected chi connectivity index (χ1v) is 9.50. The van der Waals surface area contributed by atoms with Crippen LogP contribution in [0.2, 0.25) is 0 Å². The molecule has 1 aliphatic carbocycles. The Bertz CT molecular complexity index is 525. The molecule has 1 heterocycles. The van der Waals surface area contributed by atoms with Crippen molar-refractivity contribution in [3.63, 3.8) is 0 Å². The van der Waals surface area contributed by atoms with Gasteiger partial charge >= 0.3 is 0 Å². The molecule has 140 valence electrons. The van der Waals surface area contributed by atoms with Gasteiger partial charge in [-0.3, -0.25) is 4.79 Å². The second kappa shape index (κ2) is 9.56. The van der Waals surface area contributed by atoms with Crippen molar-refractivity contribution in [1.29, 1.82) is 0 Å². The molecule has 0 spiro atoms. The number of carbonyl (C=O) groups excluding carboxylic acids is 1. The largest absolute Gasteiger partial charge is 0.354 e. The van der Waals surface area contributed by atoms with Gasteiger partial charge in [-0.15, -0.1) is 12.4 Å². The van der Waals surface area contributed by atoms with E-state index in [1.54, 1.807) is 0 Å². The predicted octanol–water partition coefficient (Wildman–Crippen LogP) is 3.19. The van der Waals surface area contributed by atoms with Crippen molar-refractivity contribution in [2.75, 3.05) is 19.6 Å². The van der Waals surface area contributed by atoms with Crippen molar-refractivity contribution < 1.29 is 4.79 Å². The van der Waals surface area contributed by atoms with Crippen LogP contribution in [0.3, 0.4) is 0 Å². The number of nitrogens with one attached hydrogen (secondary N) is 3. The molecule has 25 heavy (non-hydrogen) atoms. The number of piperidine rings is 1. The minimum atomic E-state index is 0. The molecule has 0 radical (unpaired) electrons. The zero-order valence-corrected chi connectivity index (χ0v) is 16.0. The zero-order valence-electron chi connectivity index (χ0n) is 15.2. The first-order valence-electron chi connectivity index (χ1n) is 9.50. The Hall–Kier alpha value is -1.10. The predicted molar refractivity (Wildman–Crippen MR) is 105 cm³/mol. The number of rotatable bonds is 6. The number of halogens is 1. The lowest BCUT2D eigenvalue weighted by atomic mass is 9.93. The molecule has 4 nitrogen and oxygen atoms in total. The Kier molecular flexibility index (Phi) is 7.73. The fourth-order valence-electron chi connectivity index (χ4n) is 4.19. The molecule has 1 atom stereocenters. The highest BCUT2D eigenvalue weighted by Crippen LogP contribution is 2.32. The van der Waals surface area contributed by atoms with Crippen molar-refractivity contribution in [3.8, 4) is 0 Å². The lowest BCUT2D eigenvalue weighted by Crippen LogP contribution is -2.53. The van der Waals surface area contributed by atoms with Crippen molar-refractivity contribution in [2.24, 2.45) is 5.92 Å². The molecule has 0 aromatic heterocycles. The van der Waals surface area contributed by atoms with Crippen LogP contribution in [0.25, 0.3) is 0 Å². The normalized spacial score (nSPS) is 21.3. The summed E-state index contributed by atoms with van der Waals surface area (Å²) in [5, 5.41) is 10.4. The summed E-state index contributed by atoms with van der Waals surface area (Å²) in [4.78, 5) is 12.5. The van der Waals surface area contributed by atoms with Crippen LogP contribution in [0.15, 0.2) is 30.3 Å². The van der Waals surface area contributed by atoms with E-state index in [1.807, 2.05) is 0 Å². The van der Waals surface area contributed by atoms with Gasteiger partial charge < -0.3 is 16.0 Å². The maximum absolute atomic E-state index is 12.5. The number of carbonyl (C=O) groups is 1. The number of hydrogen-bond donors (Lipinski definition) is 3. The van der Waals surface area contributed by atoms with E-state index in [0.29, 0.717) is 6.04 Å². The monoisotopic (exact) mass is 365 g/mol. The quantitative estimate of drug-likeness (QED) is 0.725. The minimum absolute atomic E-state index is 0. The average molecular weight is 366 g/mol. The summed E-state index contributed by atoms with van der Waals surface area (Å²) in [6.07, 6.45) is 6.72. The van der Waals surface area contributed by atoms with Gasteiger partial charge in [-0.1, -0.05) is 43.2 Å². The van der Waals surface area contributed by atoms with Crippen molar-refractivity contribution in [2.45, 2.75) is 57.0 Å². The molecule has 5 heteroatoms. The maximum Gasteiger partial charge on any atom is 0.223 e. The summed E-state index contributed by atoms with van der Waals surface area (Å²) >= 11 is 0. The molecule has 0 bridgehead atoms. The van der Waals surface area contributed by atoms with Crippen LogP contribution in [0, 0.1) is 5.92 Å². The Labute approximate surface area is 157 Å². The Morgan fingerprint density at radius 2 is 1.84 bits per heavy atom. The number of amides is 1. The van der Waals surface area contributed by atoms with E-state index in [0.717, 1.165) is 45.3 Å². The molecule has 2 fully saturated rings. The molecule has 3 rings (SSSR count). The minimum Gasteiger partial charge on any atom is -0.354 e. The summed E-state index contributed by atoms with van der Waals surface area (Å²) in [6.45, 7) is 4.91. The molecule has 1 saturated carbocycles. The van der Waals surface area contributed by atoms with E-state index in [1.165, 1.54) is 18.4 Å². The van der Waals surface area contributed by atoms with Crippen LogP contribution in [0.1, 0.15) is 57.1 Å². The third kappa shape index (κ3) is 5.44. The lowest BCUT2D eigenvalue weighted by Gasteiger charge is -2.35. The molecular formula is C20H32ClN3O. The van der Waals surface area contributed by atoms with Crippen molar-refractivity contribution >= 4 is 18.3 Å². The van der Waals surface area contributed by atoms with Crippen LogP contribution in [0.5, 0.6) is 0 Å². The van der Waals surface area contributed by atoms with E-state index in [9.17, 15) is 4.79 Å². The Balaban J connectivity index is 0.00000225. The zero-order chi connectivity index (χ0) is 16.8. The number of benzene rings is 1. The Morgan fingerprint density at radius 1 is 1.20 bits per heavy atom. The SMILES string of the molecule is CC(NC1(CNC(=O)C2CCNCC2)CCCC1)c1ccccc1.Cl. The number of hydrogen-bond acceptors (Lipinski definition) is 3. The molecule has 2 aliphatic rings. The topological polar surface area (TPSA) is 53.2 Å². The van der Waals surface area contributed by atoms with Gasteiger partial charge in [-0.2, -0.15) is 0 Å². The van der Waals surface area contributed by atoms with Gasteiger partial charge in [-0.05, 0) is 51.3 Å². The van der Waals surface area contributed by atoms with Gasteiger partial charge in [0.25, 0.3) is 0 Å². The lowest BCUT2D eigenvalue weighted by molar-refractivity contribution is -0.126. The van der Waals surface area contributed by atoms with Gasteiger partial charge in [0, 0.05) is 24.0 Å².